The van der Waals surface area contributed by atoms with Crippen LogP contribution in [0.25, 0.3) is 0 Å². The summed E-state index contributed by atoms with van der Waals surface area (Å²) in [5.41, 5.74) is -0.452. The van der Waals surface area contributed by atoms with Crippen LogP contribution in [0.5, 0.6) is 0 Å². The zero-order chi connectivity index (χ0) is 15.8. The van der Waals surface area contributed by atoms with Gasteiger partial charge in [0, 0.05) is 11.4 Å². The van der Waals surface area contributed by atoms with Gasteiger partial charge in [0.2, 0.25) is 0 Å². The van der Waals surface area contributed by atoms with Crippen LogP contribution in [0.3, 0.4) is 0 Å². The number of benzene rings is 1. The Morgan fingerprint density at radius 1 is 1.24 bits per heavy atom. The van der Waals surface area contributed by atoms with Gasteiger partial charge in [0.1, 0.15) is 16.5 Å². The molecule has 0 aliphatic rings. The van der Waals surface area contributed by atoms with Crippen LogP contribution in [0.2, 0.25) is 0 Å². The second-order valence-corrected chi connectivity index (χ2v) is 7.25. The second kappa shape index (κ2) is 5.70. The lowest BCUT2D eigenvalue weighted by Crippen LogP contribution is -2.13. The van der Waals surface area contributed by atoms with Crippen molar-refractivity contribution in [3.8, 4) is 0 Å². The predicted octanol–water partition coefficient (Wildman–Crippen LogP) is 3.29. The molecule has 0 unspecified atom stereocenters. The van der Waals surface area contributed by atoms with Gasteiger partial charge in [0.05, 0.1) is 15.1 Å². The summed E-state index contributed by atoms with van der Waals surface area (Å²) in [7, 11) is -4.16. The number of sulfonamides is 1. The first kappa shape index (κ1) is 15.9. The summed E-state index contributed by atoms with van der Waals surface area (Å²) < 4.78 is 52.5. The molecule has 0 aliphatic heterocycles. The van der Waals surface area contributed by atoms with Crippen molar-refractivity contribution < 1.29 is 27.1 Å². The molecular weight excluding hydrogens is 392 g/mol. The van der Waals surface area contributed by atoms with Crippen LogP contribution in [0, 0.1) is 11.6 Å². The maximum atomic E-state index is 13.5. The molecule has 0 spiro atoms. The van der Waals surface area contributed by atoms with E-state index in [0.717, 1.165) is 28.8 Å². The minimum Gasteiger partial charge on any atom is -0.477 e. The van der Waals surface area contributed by atoms with Crippen molar-refractivity contribution in [2.45, 2.75) is 4.90 Å². The van der Waals surface area contributed by atoms with Crippen LogP contribution in [-0.4, -0.2) is 19.5 Å². The maximum Gasteiger partial charge on any atom is 0.345 e. The van der Waals surface area contributed by atoms with E-state index in [1.807, 2.05) is 4.72 Å². The van der Waals surface area contributed by atoms with Crippen LogP contribution >= 0.6 is 27.3 Å². The minimum absolute atomic E-state index is 0.113. The molecule has 0 amide bonds. The topological polar surface area (TPSA) is 83.5 Å². The summed E-state index contributed by atoms with van der Waals surface area (Å²) in [6.45, 7) is 0. The van der Waals surface area contributed by atoms with E-state index in [9.17, 15) is 22.0 Å². The fourth-order valence-corrected chi connectivity index (χ4v) is 3.89. The number of carboxylic acids is 1. The molecule has 0 saturated carbocycles. The Labute approximate surface area is 130 Å². The smallest absolute Gasteiger partial charge is 0.345 e. The summed E-state index contributed by atoms with van der Waals surface area (Å²) in [4.78, 5) is 10.2. The van der Waals surface area contributed by atoms with Crippen molar-refractivity contribution >= 4 is 48.9 Å². The molecule has 112 valence electrons. The van der Waals surface area contributed by atoms with E-state index in [4.69, 9.17) is 5.11 Å². The maximum absolute atomic E-state index is 13.5. The lowest BCUT2D eigenvalue weighted by Gasteiger charge is -2.08. The van der Waals surface area contributed by atoms with Gasteiger partial charge in [-0.05, 0) is 28.1 Å². The first-order valence-corrected chi connectivity index (χ1v) is 8.35. The van der Waals surface area contributed by atoms with Crippen molar-refractivity contribution in [1.29, 1.82) is 0 Å². The summed E-state index contributed by atoms with van der Waals surface area (Å²) in [5.74, 6) is -3.23. The van der Waals surface area contributed by atoms with Crippen molar-refractivity contribution in [3.63, 3.8) is 0 Å². The number of aromatic carboxylic acids is 1. The molecule has 0 radical (unpaired) electrons. The van der Waals surface area contributed by atoms with E-state index in [-0.39, 0.29) is 14.2 Å². The van der Waals surface area contributed by atoms with Gasteiger partial charge < -0.3 is 5.11 Å². The summed E-state index contributed by atoms with van der Waals surface area (Å²) in [5, 5.41) is 9.87. The van der Waals surface area contributed by atoms with Crippen LogP contribution in [0.15, 0.2) is 32.9 Å². The number of rotatable bonds is 4. The molecular formula is C11H6BrF2NO4S2. The van der Waals surface area contributed by atoms with Gasteiger partial charge in [-0.25, -0.2) is 22.0 Å². The lowest BCUT2D eigenvalue weighted by atomic mass is 10.3. The van der Waals surface area contributed by atoms with E-state index in [1.54, 1.807) is 0 Å². The third-order valence-electron chi connectivity index (χ3n) is 2.35. The zero-order valence-corrected chi connectivity index (χ0v) is 13.2. The number of hydrogen-bond acceptors (Lipinski definition) is 4. The van der Waals surface area contributed by atoms with Crippen molar-refractivity contribution in [3.05, 3.63) is 44.6 Å². The number of carbonyl (C=O) groups is 1. The van der Waals surface area contributed by atoms with Crippen molar-refractivity contribution in [2.24, 2.45) is 0 Å². The molecule has 21 heavy (non-hydrogen) atoms. The number of halogens is 3. The molecule has 2 rings (SSSR count). The largest absolute Gasteiger partial charge is 0.477 e. The summed E-state index contributed by atoms with van der Waals surface area (Å²) >= 11 is 3.54. The van der Waals surface area contributed by atoms with Crippen LogP contribution in [0.1, 0.15) is 9.67 Å². The van der Waals surface area contributed by atoms with Gasteiger partial charge in [-0.3, -0.25) is 4.72 Å². The van der Waals surface area contributed by atoms with Crippen LogP contribution in [-0.2, 0) is 10.0 Å². The number of anilines is 1. The Bertz CT molecular complexity index is 820. The Hall–Kier alpha value is -1.52. The predicted molar refractivity (Wildman–Crippen MR) is 76.1 cm³/mol. The first-order chi connectivity index (χ1) is 9.70. The van der Waals surface area contributed by atoms with Gasteiger partial charge in [-0.2, -0.15) is 0 Å². The monoisotopic (exact) mass is 397 g/mol. The first-order valence-electron chi connectivity index (χ1n) is 5.20. The van der Waals surface area contributed by atoms with E-state index >= 15 is 0 Å². The van der Waals surface area contributed by atoms with E-state index in [2.05, 4.69) is 15.9 Å². The van der Waals surface area contributed by atoms with Crippen molar-refractivity contribution in [1.82, 2.24) is 0 Å². The number of carboxylic acid groups (broad SMARTS) is 1. The molecule has 0 aliphatic carbocycles. The Morgan fingerprint density at radius 3 is 2.48 bits per heavy atom. The Morgan fingerprint density at radius 2 is 1.90 bits per heavy atom. The van der Waals surface area contributed by atoms with E-state index in [0.29, 0.717) is 6.07 Å². The third kappa shape index (κ3) is 3.39. The summed E-state index contributed by atoms with van der Waals surface area (Å²) in [6.07, 6.45) is 0. The summed E-state index contributed by atoms with van der Waals surface area (Å²) in [6, 6.07) is 2.41. The molecule has 1 aromatic heterocycles. The number of hydrogen-bond donors (Lipinski definition) is 2. The fraction of sp³-hybridized carbons (Fsp3) is 0. The zero-order valence-electron chi connectivity index (χ0n) is 9.93. The average Bonchev–Trinajstić information content (AvgIpc) is 2.86. The molecule has 10 heteroatoms. The molecule has 0 saturated heterocycles. The molecule has 0 atom stereocenters. The molecule has 1 aromatic carbocycles. The normalized spacial score (nSPS) is 11.4. The Balaban J connectivity index is 2.37. The van der Waals surface area contributed by atoms with Crippen LogP contribution < -0.4 is 4.72 Å². The molecule has 5 nitrogen and oxygen atoms in total. The SMILES string of the molecule is O=C(O)c1cc(S(=O)(=O)Nc2cc(Br)c(F)cc2F)cs1. The van der Waals surface area contributed by atoms with Crippen molar-refractivity contribution in [2.75, 3.05) is 4.72 Å². The lowest BCUT2D eigenvalue weighted by molar-refractivity contribution is 0.0702. The Kier molecular flexibility index (Phi) is 4.30. The highest BCUT2D eigenvalue weighted by molar-refractivity contribution is 9.10. The van der Waals surface area contributed by atoms with Gasteiger partial charge in [0.25, 0.3) is 10.0 Å². The molecule has 2 N–H and O–H groups in total. The quantitative estimate of drug-likeness (QED) is 0.775. The standard InChI is InChI=1S/C11H6BrF2NO4S2/c12-6-2-9(8(14)3-7(6)13)15-21(18,19)5-1-10(11(16)17)20-4-5/h1-4,15H,(H,16,17). The number of nitrogens with one attached hydrogen (secondary N) is 1. The van der Waals surface area contributed by atoms with Gasteiger partial charge in [-0.1, -0.05) is 0 Å². The van der Waals surface area contributed by atoms with Gasteiger partial charge >= 0.3 is 5.97 Å². The molecule has 2 aromatic rings. The molecule has 0 bridgehead atoms. The van der Waals surface area contributed by atoms with Gasteiger partial charge in [-0.15, -0.1) is 11.3 Å². The van der Waals surface area contributed by atoms with Gasteiger partial charge in [0.15, 0.2) is 0 Å². The third-order valence-corrected chi connectivity index (χ3v) is 5.37. The van der Waals surface area contributed by atoms with E-state index in [1.165, 1.54) is 0 Å². The highest BCUT2D eigenvalue weighted by atomic mass is 79.9. The number of thiophene rings is 1. The molecule has 1 heterocycles. The molecule has 0 fully saturated rings. The fourth-order valence-electron chi connectivity index (χ4n) is 1.38. The minimum atomic E-state index is -4.16. The van der Waals surface area contributed by atoms with Crippen LogP contribution in [0.4, 0.5) is 14.5 Å². The second-order valence-electron chi connectivity index (χ2n) is 3.80. The average molecular weight is 398 g/mol. The van der Waals surface area contributed by atoms with E-state index < -0.39 is 33.3 Å². The highest BCUT2D eigenvalue weighted by Crippen LogP contribution is 2.27. The highest BCUT2D eigenvalue weighted by Gasteiger charge is 2.21.